The maximum atomic E-state index is 12.9. The zero-order chi connectivity index (χ0) is 24.1. The van der Waals surface area contributed by atoms with E-state index in [-0.39, 0.29) is 12.8 Å². The van der Waals surface area contributed by atoms with Crippen LogP contribution in [0.4, 0.5) is 0 Å². The zero-order valence-corrected chi connectivity index (χ0v) is 18.5. The van der Waals surface area contributed by atoms with Crippen LogP contribution in [0.1, 0.15) is 51.4 Å². The summed E-state index contributed by atoms with van der Waals surface area (Å²) in [5.41, 5.74) is 16.6. The monoisotopic (exact) mass is 458 g/mol. The third-order valence-electron chi connectivity index (χ3n) is 5.49. The Morgan fingerprint density at radius 3 is 2.09 bits per heavy atom. The topological polar surface area (TPSA) is 214 Å². The number of carbonyl (C=O) groups is 4. The molecule has 1 aliphatic heterocycles. The number of aliphatic carboxylic acids is 1. The third kappa shape index (κ3) is 8.69. The molecule has 32 heavy (non-hydrogen) atoms. The fourth-order valence-corrected chi connectivity index (χ4v) is 3.65. The molecule has 0 spiro atoms. The molecule has 1 fully saturated rings. The molecular weight excluding hydrogens is 420 g/mol. The fraction of sp³-hybridized carbons (Fsp3) is 0.800. The highest BCUT2D eigenvalue weighted by Crippen LogP contribution is 2.19. The molecule has 184 valence electrons. The lowest BCUT2D eigenvalue weighted by Gasteiger charge is -2.28. The molecule has 0 bridgehead atoms. The van der Waals surface area contributed by atoms with Gasteiger partial charge >= 0.3 is 5.97 Å². The van der Waals surface area contributed by atoms with Crippen molar-refractivity contribution in [3.63, 3.8) is 0 Å². The van der Waals surface area contributed by atoms with Crippen LogP contribution in [0.15, 0.2) is 0 Å². The van der Waals surface area contributed by atoms with Gasteiger partial charge < -0.3 is 42.9 Å². The van der Waals surface area contributed by atoms with Crippen molar-refractivity contribution in [1.29, 1.82) is 0 Å². The van der Waals surface area contributed by atoms with Crippen LogP contribution < -0.4 is 27.8 Å². The highest BCUT2D eigenvalue weighted by molar-refractivity contribution is 5.94. The molecule has 1 heterocycles. The molecule has 0 aromatic heterocycles. The number of amides is 3. The molecular formula is C20H38N6O6. The van der Waals surface area contributed by atoms with Gasteiger partial charge in [0.05, 0.1) is 6.61 Å². The Bertz CT molecular complexity index is 634. The van der Waals surface area contributed by atoms with Crippen LogP contribution in [0, 0.1) is 0 Å². The largest absolute Gasteiger partial charge is 0.480 e. The smallest absolute Gasteiger partial charge is 0.326 e. The van der Waals surface area contributed by atoms with Gasteiger partial charge in [-0.05, 0) is 64.5 Å². The molecule has 4 unspecified atom stereocenters. The molecule has 0 aromatic rings. The van der Waals surface area contributed by atoms with Crippen molar-refractivity contribution in [3.05, 3.63) is 0 Å². The summed E-state index contributed by atoms with van der Waals surface area (Å²) in [5.74, 6) is -2.80. The van der Waals surface area contributed by atoms with Crippen molar-refractivity contribution in [2.24, 2.45) is 17.2 Å². The molecule has 1 rings (SSSR count). The summed E-state index contributed by atoms with van der Waals surface area (Å²) in [7, 11) is 0. The quantitative estimate of drug-likeness (QED) is 0.130. The molecule has 4 atom stereocenters. The van der Waals surface area contributed by atoms with Crippen LogP contribution in [0.25, 0.3) is 0 Å². The Labute approximate surface area is 188 Å². The fourth-order valence-electron chi connectivity index (χ4n) is 3.65. The van der Waals surface area contributed by atoms with Crippen LogP contribution in [0.5, 0.6) is 0 Å². The lowest BCUT2D eigenvalue weighted by Crippen LogP contribution is -2.57. The van der Waals surface area contributed by atoms with E-state index >= 15 is 0 Å². The second kappa shape index (κ2) is 14.7. The Balaban J connectivity index is 2.86. The zero-order valence-electron chi connectivity index (χ0n) is 18.5. The van der Waals surface area contributed by atoms with E-state index in [1.54, 1.807) is 0 Å². The Morgan fingerprint density at radius 1 is 0.969 bits per heavy atom. The van der Waals surface area contributed by atoms with E-state index in [1.165, 1.54) is 4.90 Å². The van der Waals surface area contributed by atoms with Crippen molar-refractivity contribution < 1.29 is 29.4 Å². The van der Waals surface area contributed by atoms with E-state index in [4.69, 9.17) is 22.3 Å². The van der Waals surface area contributed by atoms with E-state index in [0.717, 1.165) is 0 Å². The van der Waals surface area contributed by atoms with E-state index in [0.29, 0.717) is 58.2 Å². The van der Waals surface area contributed by atoms with Crippen LogP contribution in [-0.2, 0) is 19.2 Å². The van der Waals surface area contributed by atoms with E-state index in [9.17, 15) is 24.3 Å². The number of unbranched alkanes of at least 4 members (excludes halogenated alkanes) is 2. The number of carbonyl (C=O) groups excluding carboxylic acids is 3. The number of hydrogen-bond donors (Lipinski definition) is 7. The second-order valence-corrected chi connectivity index (χ2v) is 8.01. The molecule has 12 heteroatoms. The SMILES string of the molecule is NCCCCC(NC(=O)C(CCCCN)NC(=O)C1CCCN1C(=O)C(N)CO)C(=O)O. The van der Waals surface area contributed by atoms with Gasteiger partial charge in [0.1, 0.15) is 24.2 Å². The highest BCUT2D eigenvalue weighted by atomic mass is 16.4. The Morgan fingerprint density at radius 2 is 1.56 bits per heavy atom. The number of aliphatic hydroxyl groups is 1. The predicted molar refractivity (Wildman–Crippen MR) is 117 cm³/mol. The maximum Gasteiger partial charge on any atom is 0.326 e. The first-order chi connectivity index (χ1) is 15.3. The molecule has 1 saturated heterocycles. The number of aliphatic hydroxyl groups excluding tert-OH is 1. The summed E-state index contributed by atoms with van der Waals surface area (Å²) in [6, 6.07) is -3.97. The molecule has 0 radical (unpaired) electrons. The van der Waals surface area contributed by atoms with Crippen LogP contribution in [0.2, 0.25) is 0 Å². The van der Waals surface area contributed by atoms with Gasteiger partial charge in [-0.25, -0.2) is 4.79 Å². The minimum atomic E-state index is -1.16. The van der Waals surface area contributed by atoms with E-state index < -0.39 is 54.5 Å². The number of nitrogens with two attached hydrogens (primary N) is 3. The Kier molecular flexibility index (Phi) is 12.8. The molecule has 10 N–H and O–H groups in total. The molecule has 12 nitrogen and oxygen atoms in total. The van der Waals surface area contributed by atoms with Crippen LogP contribution >= 0.6 is 0 Å². The number of hydrogen-bond acceptors (Lipinski definition) is 8. The summed E-state index contributed by atoms with van der Waals surface area (Å²) in [4.78, 5) is 50.9. The summed E-state index contributed by atoms with van der Waals surface area (Å²) < 4.78 is 0. The lowest BCUT2D eigenvalue weighted by molar-refractivity contribution is -0.143. The van der Waals surface area contributed by atoms with Crippen LogP contribution in [-0.4, -0.2) is 89.2 Å². The summed E-state index contributed by atoms with van der Waals surface area (Å²) in [5, 5.41) is 23.7. The van der Waals surface area contributed by atoms with E-state index in [2.05, 4.69) is 10.6 Å². The van der Waals surface area contributed by atoms with Gasteiger partial charge in [-0.2, -0.15) is 0 Å². The molecule has 3 amide bonds. The maximum absolute atomic E-state index is 12.9. The standard InChI is InChI=1S/C20H38N6O6/c21-9-3-1-6-14(17(28)25-15(20(31)32)7-2-4-10-22)24-18(29)16-8-5-11-26(16)19(30)13(23)12-27/h13-16,27H,1-12,21-23H2,(H,24,29)(H,25,28)(H,31,32). The van der Waals surface area contributed by atoms with Crippen LogP contribution in [0.3, 0.4) is 0 Å². The van der Waals surface area contributed by atoms with Gasteiger partial charge in [0, 0.05) is 6.54 Å². The first-order valence-corrected chi connectivity index (χ1v) is 11.2. The average molecular weight is 459 g/mol. The second-order valence-electron chi connectivity index (χ2n) is 8.01. The minimum Gasteiger partial charge on any atom is -0.480 e. The number of likely N-dealkylation sites (tertiary alicyclic amines) is 1. The number of carboxylic acid groups (broad SMARTS) is 1. The van der Waals surface area contributed by atoms with Gasteiger partial charge in [0.25, 0.3) is 0 Å². The number of nitrogens with zero attached hydrogens (tertiary/aromatic N) is 1. The summed E-state index contributed by atoms with van der Waals surface area (Å²) in [6.45, 7) is 0.642. The van der Waals surface area contributed by atoms with E-state index in [1.807, 2.05) is 0 Å². The molecule has 0 saturated carbocycles. The number of carboxylic acids is 1. The number of rotatable bonds is 15. The minimum absolute atomic E-state index is 0.228. The molecule has 0 aromatic carbocycles. The first-order valence-electron chi connectivity index (χ1n) is 11.2. The summed E-state index contributed by atoms with van der Waals surface area (Å²) >= 11 is 0. The van der Waals surface area contributed by atoms with Gasteiger partial charge in [-0.3, -0.25) is 14.4 Å². The molecule has 1 aliphatic rings. The van der Waals surface area contributed by atoms with Crippen molar-refractivity contribution in [2.75, 3.05) is 26.2 Å². The van der Waals surface area contributed by atoms with Crippen molar-refractivity contribution in [1.82, 2.24) is 15.5 Å². The molecule has 0 aliphatic carbocycles. The van der Waals surface area contributed by atoms with Gasteiger partial charge in [0.15, 0.2) is 0 Å². The lowest BCUT2D eigenvalue weighted by atomic mass is 10.1. The van der Waals surface area contributed by atoms with Crippen molar-refractivity contribution >= 4 is 23.7 Å². The highest BCUT2D eigenvalue weighted by Gasteiger charge is 2.37. The third-order valence-corrected chi connectivity index (χ3v) is 5.49. The van der Waals surface area contributed by atoms with Crippen molar-refractivity contribution in [2.45, 2.75) is 75.5 Å². The average Bonchev–Trinajstić information content (AvgIpc) is 3.26. The number of nitrogens with one attached hydrogen (secondary N) is 2. The summed E-state index contributed by atoms with van der Waals surface area (Å²) in [6.07, 6.45) is 3.88. The predicted octanol–water partition coefficient (Wildman–Crippen LogP) is -2.39. The normalized spacial score (nSPS) is 18.6. The van der Waals surface area contributed by atoms with Gasteiger partial charge in [0.2, 0.25) is 17.7 Å². The van der Waals surface area contributed by atoms with Crippen molar-refractivity contribution in [3.8, 4) is 0 Å². The Hall–Kier alpha value is -2.28. The van der Waals surface area contributed by atoms with Gasteiger partial charge in [-0.1, -0.05) is 0 Å². The first kappa shape index (κ1) is 27.8. The van der Waals surface area contributed by atoms with Gasteiger partial charge in [-0.15, -0.1) is 0 Å².